The van der Waals surface area contributed by atoms with Crippen molar-refractivity contribution in [2.75, 3.05) is 13.1 Å². The van der Waals surface area contributed by atoms with Crippen molar-refractivity contribution in [3.8, 4) is 0 Å². The Labute approximate surface area is 121 Å². The number of hydrogen-bond donors (Lipinski definition) is 1. The van der Waals surface area contributed by atoms with Crippen molar-refractivity contribution < 1.29 is 14.6 Å². The Bertz CT molecular complexity index is 549. The number of piperidine rings is 1. The number of nitrogens with one attached hydrogen (secondary N) is 1. The highest BCUT2D eigenvalue weighted by molar-refractivity contribution is 5.48. The van der Waals surface area contributed by atoms with Gasteiger partial charge in [-0.1, -0.05) is 6.92 Å². The van der Waals surface area contributed by atoms with E-state index >= 15 is 0 Å². The predicted molar refractivity (Wildman–Crippen MR) is 75.0 cm³/mol. The fraction of sp³-hybridized carbons (Fsp3) is 0.538. The van der Waals surface area contributed by atoms with E-state index in [1.807, 2.05) is 0 Å². The molecule has 0 radical (unpaired) electrons. The number of ether oxygens (including phenoxy) is 1. The van der Waals surface area contributed by atoms with Gasteiger partial charge in [-0.05, 0) is 24.9 Å². The summed E-state index contributed by atoms with van der Waals surface area (Å²) in [5.74, 6) is 0.378. The maximum atomic E-state index is 11.0. The fourth-order valence-corrected chi connectivity index (χ4v) is 2.34. The third kappa shape index (κ3) is 3.73. The molecule has 0 aliphatic carbocycles. The molecule has 1 aromatic carbocycles. The third-order valence-electron chi connectivity index (χ3n) is 3.69. The molecule has 0 spiro atoms. The van der Waals surface area contributed by atoms with Gasteiger partial charge in [0.1, 0.15) is 0 Å². The van der Waals surface area contributed by atoms with Gasteiger partial charge >= 0.3 is 0 Å². The molecular formula is C13H17N3O5. The van der Waals surface area contributed by atoms with E-state index in [1.165, 1.54) is 12.1 Å². The standard InChI is InChI=1S/C13H17N3O5/c1-9-4-5-14-7-13(9)21-8-10-2-3-11(15(17)18)6-12(10)16(19)20/h2-3,6,9,13-14H,4-5,7-8H2,1H3. The first-order valence-electron chi connectivity index (χ1n) is 6.73. The minimum atomic E-state index is -0.648. The lowest BCUT2D eigenvalue weighted by molar-refractivity contribution is -0.394. The fourth-order valence-electron chi connectivity index (χ4n) is 2.34. The molecule has 1 fully saturated rings. The molecule has 114 valence electrons. The molecule has 0 bridgehead atoms. The zero-order chi connectivity index (χ0) is 15.4. The molecule has 8 nitrogen and oxygen atoms in total. The van der Waals surface area contributed by atoms with E-state index in [1.54, 1.807) is 0 Å². The maximum absolute atomic E-state index is 11.0. The number of nitro groups is 2. The lowest BCUT2D eigenvalue weighted by Gasteiger charge is -2.29. The Balaban J connectivity index is 2.11. The summed E-state index contributed by atoms with van der Waals surface area (Å²) in [6, 6.07) is 3.62. The number of rotatable bonds is 5. The monoisotopic (exact) mass is 295 g/mol. The summed E-state index contributed by atoms with van der Waals surface area (Å²) in [5, 5.41) is 24.9. The molecule has 0 amide bonds. The third-order valence-corrected chi connectivity index (χ3v) is 3.69. The highest BCUT2D eigenvalue weighted by Crippen LogP contribution is 2.26. The van der Waals surface area contributed by atoms with Crippen LogP contribution in [-0.4, -0.2) is 29.0 Å². The average Bonchev–Trinajstić information content (AvgIpc) is 2.46. The van der Waals surface area contributed by atoms with E-state index in [4.69, 9.17) is 4.74 Å². The molecule has 2 atom stereocenters. The highest BCUT2D eigenvalue weighted by Gasteiger charge is 2.24. The Morgan fingerprint density at radius 2 is 2.10 bits per heavy atom. The normalized spacial score (nSPS) is 22.0. The van der Waals surface area contributed by atoms with Gasteiger partial charge in [0.25, 0.3) is 11.4 Å². The second kappa shape index (κ2) is 6.59. The van der Waals surface area contributed by atoms with Crippen LogP contribution < -0.4 is 5.32 Å². The van der Waals surface area contributed by atoms with Crippen molar-refractivity contribution in [3.05, 3.63) is 44.0 Å². The maximum Gasteiger partial charge on any atom is 0.281 e. The molecule has 1 aliphatic heterocycles. The first-order chi connectivity index (χ1) is 9.99. The van der Waals surface area contributed by atoms with Crippen LogP contribution in [0.25, 0.3) is 0 Å². The summed E-state index contributed by atoms with van der Waals surface area (Å²) in [7, 11) is 0. The molecule has 2 unspecified atom stereocenters. The van der Waals surface area contributed by atoms with Gasteiger partial charge < -0.3 is 10.1 Å². The van der Waals surface area contributed by atoms with Gasteiger partial charge in [0.15, 0.2) is 0 Å². The van der Waals surface area contributed by atoms with Gasteiger partial charge in [0.05, 0.1) is 34.2 Å². The Kier molecular flexibility index (Phi) is 4.81. The van der Waals surface area contributed by atoms with Crippen molar-refractivity contribution in [2.45, 2.75) is 26.1 Å². The van der Waals surface area contributed by atoms with Crippen LogP contribution in [0.3, 0.4) is 0 Å². The quantitative estimate of drug-likeness (QED) is 0.657. The lowest BCUT2D eigenvalue weighted by atomic mass is 9.97. The van der Waals surface area contributed by atoms with Gasteiger partial charge in [-0.15, -0.1) is 0 Å². The van der Waals surface area contributed by atoms with Crippen molar-refractivity contribution in [2.24, 2.45) is 5.92 Å². The second-order valence-corrected chi connectivity index (χ2v) is 5.15. The molecule has 1 saturated heterocycles. The molecule has 1 N–H and O–H groups in total. The summed E-state index contributed by atoms with van der Waals surface area (Å²) in [6.45, 7) is 3.81. The van der Waals surface area contributed by atoms with Gasteiger partial charge in [-0.25, -0.2) is 0 Å². The molecule has 0 aromatic heterocycles. The van der Waals surface area contributed by atoms with Crippen molar-refractivity contribution in [1.82, 2.24) is 5.32 Å². The van der Waals surface area contributed by atoms with Crippen molar-refractivity contribution >= 4 is 11.4 Å². The predicted octanol–water partition coefficient (Wildman–Crippen LogP) is 2.02. The number of hydrogen-bond acceptors (Lipinski definition) is 6. The molecule has 8 heteroatoms. The molecule has 2 rings (SSSR count). The van der Waals surface area contributed by atoms with E-state index in [-0.39, 0.29) is 24.1 Å². The second-order valence-electron chi connectivity index (χ2n) is 5.15. The van der Waals surface area contributed by atoms with Gasteiger partial charge in [0.2, 0.25) is 0 Å². The van der Waals surface area contributed by atoms with Crippen LogP contribution in [0.5, 0.6) is 0 Å². The number of benzene rings is 1. The Hall–Kier alpha value is -2.06. The molecule has 21 heavy (non-hydrogen) atoms. The molecule has 0 saturated carbocycles. The van der Waals surface area contributed by atoms with E-state index in [0.717, 1.165) is 19.0 Å². The van der Waals surface area contributed by atoms with Gasteiger partial charge in [0, 0.05) is 12.6 Å². The van der Waals surface area contributed by atoms with E-state index in [0.29, 0.717) is 18.0 Å². The highest BCUT2D eigenvalue weighted by atomic mass is 16.6. The summed E-state index contributed by atoms with van der Waals surface area (Å²) in [5.41, 5.74) is -0.220. The van der Waals surface area contributed by atoms with Crippen LogP contribution in [0, 0.1) is 26.1 Å². The van der Waals surface area contributed by atoms with Crippen LogP contribution in [0.2, 0.25) is 0 Å². The van der Waals surface area contributed by atoms with Crippen molar-refractivity contribution in [3.63, 3.8) is 0 Å². The van der Waals surface area contributed by atoms with E-state index < -0.39 is 9.85 Å². The Morgan fingerprint density at radius 3 is 2.71 bits per heavy atom. The van der Waals surface area contributed by atoms with Crippen molar-refractivity contribution in [1.29, 1.82) is 0 Å². The zero-order valence-electron chi connectivity index (χ0n) is 11.7. The van der Waals surface area contributed by atoms with Gasteiger partial charge in [-0.3, -0.25) is 20.2 Å². The molecule has 1 aliphatic rings. The smallest absolute Gasteiger partial charge is 0.281 e. The minimum Gasteiger partial charge on any atom is -0.372 e. The van der Waals surface area contributed by atoms with E-state index in [2.05, 4.69) is 12.2 Å². The summed E-state index contributed by atoms with van der Waals surface area (Å²) >= 11 is 0. The van der Waals surface area contributed by atoms with Crippen LogP contribution in [-0.2, 0) is 11.3 Å². The number of nitrogens with zero attached hydrogens (tertiary/aromatic N) is 2. The minimum absolute atomic E-state index is 0.00598. The number of non-ortho nitro benzene ring substituents is 1. The summed E-state index contributed by atoms with van der Waals surface area (Å²) in [6.07, 6.45) is 0.987. The van der Waals surface area contributed by atoms with E-state index in [9.17, 15) is 20.2 Å². The summed E-state index contributed by atoms with van der Waals surface area (Å²) in [4.78, 5) is 20.4. The van der Waals surface area contributed by atoms with Gasteiger partial charge in [-0.2, -0.15) is 0 Å². The SMILES string of the molecule is CC1CCNCC1OCc1ccc([N+](=O)[O-])cc1[N+](=O)[O-]. The van der Waals surface area contributed by atoms with Crippen LogP contribution in [0.15, 0.2) is 18.2 Å². The zero-order valence-corrected chi connectivity index (χ0v) is 11.7. The Morgan fingerprint density at radius 1 is 1.33 bits per heavy atom. The molecular weight excluding hydrogens is 278 g/mol. The largest absolute Gasteiger partial charge is 0.372 e. The van der Waals surface area contributed by atoms with Crippen LogP contribution in [0.4, 0.5) is 11.4 Å². The van der Waals surface area contributed by atoms with Crippen LogP contribution >= 0.6 is 0 Å². The van der Waals surface area contributed by atoms with Crippen LogP contribution in [0.1, 0.15) is 18.9 Å². The first-order valence-corrected chi connectivity index (χ1v) is 6.73. The first kappa shape index (κ1) is 15.3. The topological polar surface area (TPSA) is 108 Å². The average molecular weight is 295 g/mol. The molecule has 1 heterocycles. The lowest BCUT2D eigenvalue weighted by Crippen LogP contribution is -2.40. The molecule has 1 aromatic rings. The summed E-state index contributed by atoms with van der Waals surface area (Å²) < 4.78 is 5.74. The number of nitro benzene ring substituents is 2.